The maximum Gasteiger partial charge on any atom is 0.327 e. The molecule has 2 N–H and O–H groups in total. The zero-order valence-electron chi connectivity index (χ0n) is 13.5. The molecule has 1 aromatic heterocycles. The van der Waals surface area contributed by atoms with Crippen LogP contribution in [0.4, 0.5) is 0 Å². The molecule has 0 aliphatic rings. The molecule has 0 saturated carbocycles. The minimum atomic E-state index is -0.783. The fraction of sp³-hybridized carbons (Fsp3) is 0.375. The lowest BCUT2D eigenvalue weighted by Gasteiger charge is -2.11. The normalized spacial score (nSPS) is 11.1. The number of halogens is 2. The van der Waals surface area contributed by atoms with Crippen molar-refractivity contribution >= 4 is 30.8 Å². The van der Waals surface area contributed by atoms with Gasteiger partial charge in [-0.1, -0.05) is 30.3 Å². The van der Waals surface area contributed by atoms with Gasteiger partial charge in [-0.3, -0.25) is 4.68 Å². The van der Waals surface area contributed by atoms with Crippen LogP contribution >= 0.6 is 24.8 Å². The number of ether oxygens (including phenoxy) is 1. The number of carbonyl (C=O) groups is 1. The van der Waals surface area contributed by atoms with Crippen LogP contribution in [0.5, 0.6) is 0 Å². The van der Waals surface area contributed by atoms with E-state index in [1.165, 1.54) is 0 Å². The van der Waals surface area contributed by atoms with E-state index in [0.29, 0.717) is 13.2 Å². The molecule has 1 unspecified atom stereocenters. The van der Waals surface area contributed by atoms with Crippen molar-refractivity contribution < 1.29 is 9.53 Å². The Balaban J connectivity index is 0.00000242. The number of rotatable bonds is 5. The summed E-state index contributed by atoms with van der Waals surface area (Å²) in [6.45, 7) is 6.54. The van der Waals surface area contributed by atoms with Crippen molar-refractivity contribution in [1.29, 1.82) is 0 Å². The Morgan fingerprint density at radius 3 is 2.43 bits per heavy atom. The fourth-order valence-electron chi connectivity index (χ4n) is 2.42. The molecule has 0 aliphatic carbocycles. The summed E-state index contributed by atoms with van der Waals surface area (Å²) < 4.78 is 6.87. The molecule has 0 bridgehead atoms. The van der Waals surface area contributed by atoms with Gasteiger partial charge in [0.25, 0.3) is 0 Å². The Kier molecular flexibility index (Phi) is 8.90. The van der Waals surface area contributed by atoms with Gasteiger partial charge < -0.3 is 10.5 Å². The summed E-state index contributed by atoms with van der Waals surface area (Å²) in [5.74, 6) is -0.414. The van der Waals surface area contributed by atoms with E-state index >= 15 is 0 Å². The third-order valence-electron chi connectivity index (χ3n) is 3.46. The molecule has 7 heteroatoms. The van der Waals surface area contributed by atoms with Gasteiger partial charge in [-0.15, -0.1) is 24.8 Å². The first-order valence-electron chi connectivity index (χ1n) is 7.04. The minimum absolute atomic E-state index is 0. The van der Waals surface area contributed by atoms with E-state index < -0.39 is 12.0 Å². The maximum atomic E-state index is 11.8. The van der Waals surface area contributed by atoms with E-state index in [-0.39, 0.29) is 24.8 Å². The lowest BCUT2D eigenvalue weighted by atomic mass is 10.1. The van der Waals surface area contributed by atoms with Gasteiger partial charge in [0.2, 0.25) is 0 Å². The average molecular weight is 360 g/mol. The molecule has 1 atom stereocenters. The van der Waals surface area contributed by atoms with Crippen molar-refractivity contribution in [2.45, 2.75) is 33.4 Å². The standard InChI is InChI=1S/C16H21N3O2.2ClH/c1-4-21-16(20)15(17)14-11(2)18-19(12(14)3)10-13-8-6-5-7-9-13;;/h5-9,15H,4,10,17H2,1-3H3;2*1H. The van der Waals surface area contributed by atoms with Crippen LogP contribution in [0.25, 0.3) is 0 Å². The van der Waals surface area contributed by atoms with E-state index in [2.05, 4.69) is 5.10 Å². The number of hydrogen-bond acceptors (Lipinski definition) is 4. The number of esters is 1. The smallest absolute Gasteiger partial charge is 0.327 e. The molecular formula is C16H23Cl2N3O2. The molecule has 5 nitrogen and oxygen atoms in total. The van der Waals surface area contributed by atoms with Gasteiger partial charge in [0, 0.05) is 11.3 Å². The molecule has 2 rings (SSSR count). The van der Waals surface area contributed by atoms with Crippen LogP contribution in [0.3, 0.4) is 0 Å². The van der Waals surface area contributed by atoms with Crippen molar-refractivity contribution in [2.75, 3.05) is 6.61 Å². The summed E-state index contributed by atoms with van der Waals surface area (Å²) in [6.07, 6.45) is 0. The van der Waals surface area contributed by atoms with Gasteiger partial charge in [-0.2, -0.15) is 5.10 Å². The third-order valence-corrected chi connectivity index (χ3v) is 3.46. The summed E-state index contributed by atoms with van der Waals surface area (Å²) in [6, 6.07) is 9.27. The van der Waals surface area contributed by atoms with Gasteiger partial charge in [0.15, 0.2) is 0 Å². The van der Waals surface area contributed by atoms with Crippen molar-refractivity contribution in [3.8, 4) is 0 Å². The third kappa shape index (κ3) is 4.96. The summed E-state index contributed by atoms with van der Waals surface area (Å²) >= 11 is 0. The van der Waals surface area contributed by atoms with Gasteiger partial charge in [-0.05, 0) is 26.3 Å². The first kappa shape index (κ1) is 21.4. The monoisotopic (exact) mass is 359 g/mol. The number of aryl methyl sites for hydroxylation is 1. The second-order valence-electron chi connectivity index (χ2n) is 4.96. The van der Waals surface area contributed by atoms with Gasteiger partial charge in [0.05, 0.1) is 18.8 Å². The topological polar surface area (TPSA) is 70.1 Å². The van der Waals surface area contributed by atoms with Gasteiger partial charge in [0.1, 0.15) is 6.04 Å². The molecule has 0 radical (unpaired) electrons. The van der Waals surface area contributed by atoms with Crippen LogP contribution in [-0.4, -0.2) is 22.4 Å². The van der Waals surface area contributed by atoms with E-state index in [1.807, 2.05) is 48.9 Å². The molecule has 0 amide bonds. The molecular weight excluding hydrogens is 337 g/mol. The Morgan fingerprint density at radius 2 is 1.87 bits per heavy atom. The highest BCUT2D eigenvalue weighted by Gasteiger charge is 2.24. The van der Waals surface area contributed by atoms with E-state index in [1.54, 1.807) is 6.92 Å². The second kappa shape index (κ2) is 9.55. The Bertz CT molecular complexity index is 630. The quantitative estimate of drug-likeness (QED) is 0.833. The number of aromatic nitrogens is 2. The van der Waals surface area contributed by atoms with Crippen molar-refractivity contribution in [3.05, 3.63) is 52.8 Å². The molecule has 23 heavy (non-hydrogen) atoms. The highest BCUT2D eigenvalue weighted by atomic mass is 35.5. The van der Waals surface area contributed by atoms with Crippen LogP contribution < -0.4 is 5.73 Å². The molecule has 0 fully saturated rings. The number of carbonyl (C=O) groups excluding carboxylic acids is 1. The zero-order chi connectivity index (χ0) is 15.4. The number of nitrogens with zero attached hydrogens (tertiary/aromatic N) is 2. The molecule has 0 spiro atoms. The summed E-state index contributed by atoms with van der Waals surface area (Å²) in [7, 11) is 0. The predicted octanol–water partition coefficient (Wildman–Crippen LogP) is 2.95. The van der Waals surface area contributed by atoms with Crippen LogP contribution in [0, 0.1) is 13.8 Å². The summed E-state index contributed by atoms with van der Waals surface area (Å²) in [4.78, 5) is 11.8. The van der Waals surface area contributed by atoms with Gasteiger partial charge >= 0.3 is 5.97 Å². The molecule has 2 aromatic rings. The first-order chi connectivity index (χ1) is 10.0. The van der Waals surface area contributed by atoms with Crippen LogP contribution in [0.1, 0.15) is 35.5 Å². The molecule has 1 aromatic carbocycles. The van der Waals surface area contributed by atoms with E-state index in [4.69, 9.17) is 10.5 Å². The lowest BCUT2D eigenvalue weighted by Crippen LogP contribution is -2.25. The Morgan fingerprint density at radius 1 is 1.26 bits per heavy atom. The maximum absolute atomic E-state index is 11.8. The highest BCUT2D eigenvalue weighted by molar-refractivity contribution is 5.85. The molecule has 0 saturated heterocycles. The summed E-state index contributed by atoms with van der Waals surface area (Å²) in [5, 5.41) is 4.50. The average Bonchev–Trinajstić information content (AvgIpc) is 2.74. The summed E-state index contributed by atoms with van der Waals surface area (Å²) in [5.41, 5.74) is 9.58. The van der Waals surface area contributed by atoms with Crippen molar-refractivity contribution in [2.24, 2.45) is 5.73 Å². The first-order valence-corrected chi connectivity index (χ1v) is 7.04. The zero-order valence-corrected chi connectivity index (χ0v) is 15.1. The van der Waals surface area contributed by atoms with Crippen LogP contribution in [0.15, 0.2) is 30.3 Å². The van der Waals surface area contributed by atoms with Crippen molar-refractivity contribution in [3.63, 3.8) is 0 Å². The molecule has 1 heterocycles. The SMILES string of the molecule is CCOC(=O)C(N)c1c(C)nn(Cc2ccccc2)c1C.Cl.Cl. The van der Waals surface area contributed by atoms with Crippen LogP contribution in [0.2, 0.25) is 0 Å². The minimum Gasteiger partial charge on any atom is -0.465 e. The number of nitrogens with two attached hydrogens (primary N) is 1. The fourth-order valence-corrected chi connectivity index (χ4v) is 2.42. The van der Waals surface area contributed by atoms with Crippen LogP contribution in [-0.2, 0) is 16.1 Å². The largest absolute Gasteiger partial charge is 0.465 e. The van der Waals surface area contributed by atoms with E-state index in [0.717, 1.165) is 22.5 Å². The van der Waals surface area contributed by atoms with Gasteiger partial charge in [-0.25, -0.2) is 4.79 Å². The Labute approximate surface area is 149 Å². The second-order valence-corrected chi connectivity index (χ2v) is 4.96. The van der Waals surface area contributed by atoms with Crippen molar-refractivity contribution in [1.82, 2.24) is 9.78 Å². The van der Waals surface area contributed by atoms with E-state index in [9.17, 15) is 4.79 Å². The number of hydrogen-bond donors (Lipinski definition) is 1. The highest BCUT2D eigenvalue weighted by Crippen LogP contribution is 2.21. The number of benzene rings is 1. The lowest BCUT2D eigenvalue weighted by molar-refractivity contribution is -0.144. The molecule has 0 aliphatic heterocycles. The Hall–Kier alpha value is -1.56. The predicted molar refractivity (Wildman–Crippen MR) is 95.3 cm³/mol. The molecule has 128 valence electrons.